The number of carbonyl (C=O) groups is 2. The first-order valence-electron chi connectivity index (χ1n) is 6.91. The number of likely N-dealkylation sites (tertiary alicyclic amines) is 1. The summed E-state index contributed by atoms with van der Waals surface area (Å²) in [5.41, 5.74) is 0.196. The van der Waals surface area contributed by atoms with Crippen LogP contribution in [-0.2, 0) is 4.79 Å². The lowest BCUT2D eigenvalue weighted by Crippen LogP contribution is -2.29. The summed E-state index contributed by atoms with van der Waals surface area (Å²) in [6.07, 6.45) is 1.77. The number of nitrogens with zero attached hydrogens (tertiary/aromatic N) is 3. The number of likely N-dealkylation sites (N-methyl/N-ethyl adjacent to an activating group) is 1. The van der Waals surface area contributed by atoms with Crippen LogP contribution in [0.15, 0.2) is 18.2 Å². The Morgan fingerprint density at radius 3 is 2.55 bits per heavy atom. The number of carbonyl (C=O) groups excluding carboxylic acids is 1. The minimum atomic E-state index is -1.02. The fraction of sp³-hybridized carbons (Fsp3) is 0.429. The molecule has 1 saturated heterocycles. The third kappa shape index (κ3) is 3.33. The molecule has 118 valence electrons. The standard InChI is InChI=1S/C14H17N3O5/c1-15(9-13(18)19)10-4-5-12(17(21)22)11(8-10)14(20)16-6-2-3-7-16/h4-5,8H,2-3,6-7,9H2,1H3,(H,18,19). The lowest BCUT2D eigenvalue weighted by Gasteiger charge is -2.19. The van der Waals surface area contributed by atoms with E-state index in [0.29, 0.717) is 18.8 Å². The van der Waals surface area contributed by atoms with Crippen LogP contribution in [0.25, 0.3) is 0 Å². The molecule has 8 heteroatoms. The molecule has 1 aromatic carbocycles. The highest BCUT2D eigenvalue weighted by Crippen LogP contribution is 2.27. The van der Waals surface area contributed by atoms with Crippen molar-refractivity contribution in [1.29, 1.82) is 0 Å². The number of nitro groups is 1. The molecule has 1 fully saturated rings. The Kier molecular flexibility index (Phi) is 4.59. The van der Waals surface area contributed by atoms with Gasteiger partial charge in [-0.05, 0) is 25.0 Å². The number of anilines is 1. The molecule has 0 atom stereocenters. The van der Waals surface area contributed by atoms with E-state index in [2.05, 4.69) is 0 Å². The molecule has 0 bridgehead atoms. The molecular formula is C14H17N3O5. The molecule has 1 aromatic rings. The topological polar surface area (TPSA) is 104 Å². The predicted octanol–water partition coefficient (Wildman–Crippen LogP) is 1.35. The highest BCUT2D eigenvalue weighted by molar-refractivity contribution is 5.99. The summed E-state index contributed by atoms with van der Waals surface area (Å²) >= 11 is 0. The Labute approximate surface area is 127 Å². The Bertz CT molecular complexity index is 610. The van der Waals surface area contributed by atoms with E-state index in [-0.39, 0.29) is 23.7 Å². The van der Waals surface area contributed by atoms with E-state index >= 15 is 0 Å². The zero-order valence-corrected chi connectivity index (χ0v) is 12.2. The van der Waals surface area contributed by atoms with Gasteiger partial charge in [0.15, 0.2) is 0 Å². The number of carboxylic acid groups (broad SMARTS) is 1. The Balaban J connectivity index is 2.37. The Morgan fingerprint density at radius 2 is 2.00 bits per heavy atom. The minimum Gasteiger partial charge on any atom is -0.480 e. The second kappa shape index (κ2) is 6.42. The van der Waals surface area contributed by atoms with Crippen molar-refractivity contribution in [3.05, 3.63) is 33.9 Å². The van der Waals surface area contributed by atoms with Crippen molar-refractivity contribution in [3.63, 3.8) is 0 Å². The number of carboxylic acids is 1. The van der Waals surface area contributed by atoms with Crippen molar-refractivity contribution in [2.24, 2.45) is 0 Å². The van der Waals surface area contributed by atoms with E-state index in [0.717, 1.165) is 12.8 Å². The van der Waals surface area contributed by atoms with Gasteiger partial charge in [-0.3, -0.25) is 19.7 Å². The number of rotatable bonds is 5. The summed E-state index contributed by atoms with van der Waals surface area (Å²) < 4.78 is 0. The first kappa shape index (κ1) is 15.7. The lowest BCUT2D eigenvalue weighted by molar-refractivity contribution is -0.385. The van der Waals surface area contributed by atoms with Crippen molar-refractivity contribution in [1.82, 2.24) is 4.90 Å². The molecule has 22 heavy (non-hydrogen) atoms. The van der Waals surface area contributed by atoms with Gasteiger partial charge in [0, 0.05) is 31.9 Å². The highest BCUT2D eigenvalue weighted by atomic mass is 16.6. The van der Waals surface area contributed by atoms with E-state index in [1.807, 2.05) is 0 Å². The number of amides is 1. The molecule has 0 spiro atoms. The lowest BCUT2D eigenvalue weighted by atomic mass is 10.1. The quantitative estimate of drug-likeness (QED) is 0.650. The molecule has 2 rings (SSSR count). The number of nitro benzene ring substituents is 1. The van der Waals surface area contributed by atoms with Gasteiger partial charge in [0.1, 0.15) is 12.1 Å². The zero-order valence-electron chi connectivity index (χ0n) is 12.2. The molecule has 0 unspecified atom stereocenters. The molecule has 8 nitrogen and oxygen atoms in total. The zero-order chi connectivity index (χ0) is 16.3. The van der Waals surface area contributed by atoms with E-state index in [4.69, 9.17) is 5.11 Å². The van der Waals surface area contributed by atoms with Crippen LogP contribution in [0.2, 0.25) is 0 Å². The Hall–Kier alpha value is -2.64. The monoisotopic (exact) mass is 307 g/mol. The first-order chi connectivity index (χ1) is 10.4. The van der Waals surface area contributed by atoms with E-state index in [9.17, 15) is 19.7 Å². The molecule has 1 amide bonds. The van der Waals surface area contributed by atoms with Crippen LogP contribution >= 0.6 is 0 Å². The second-order valence-corrected chi connectivity index (χ2v) is 5.21. The minimum absolute atomic E-state index is 0.00152. The van der Waals surface area contributed by atoms with Crippen molar-refractivity contribution in [2.45, 2.75) is 12.8 Å². The van der Waals surface area contributed by atoms with Gasteiger partial charge in [-0.2, -0.15) is 0 Å². The smallest absolute Gasteiger partial charge is 0.323 e. The largest absolute Gasteiger partial charge is 0.480 e. The summed E-state index contributed by atoms with van der Waals surface area (Å²) in [5, 5.41) is 19.9. The van der Waals surface area contributed by atoms with Gasteiger partial charge >= 0.3 is 5.97 Å². The molecule has 0 aromatic heterocycles. The maximum absolute atomic E-state index is 12.5. The fourth-order valence-corrected chi connectivity index (χ4v) is 2.48. The maximum atomic E-state index is 12.5. The van der Waals surface area contributed by atoms with Gasteiger partial charge < -0.3 is 14.9 Å². The Morgan fingerprint density at radius 1 is 1.36 bits per heavy atom. The van der Waals surface area contributed by atoms with Crippen molar-refractivity contribution in [3.8, 4) is 0 Å². The van der Waals surface area contributed by atoms with Crippen molar-refractivity contribution in [2.75, 3.05) is 31.6 Å². The second-order valence-electron chi connectivity index (χ2n) is 5.21. The molecular weight excluding hydrogens is 290 g/mol. The molecule has 1 aliphatic heterocycles. The van der Waals surface area contributed by atoms with Crippen LogP contribution in [-0.4, -0.2) is 53.5 Å². The first-order valence-corrected chi connectivity index (χ1v) is 6.91. The van der Waals surface area contributed by atoms with Crippen LogP contribution < -0.4 is 4.90 Å². The third-order valence-electron chi connectivity index (χ3n) is 3.61. The van der Waals surface area contributed by atoms with Crippen molar-refractivity contribution < 1.29 is 19.6 Å². The van der Waals surface area contributed by atoms with Crippen LogP contribution in [0, 0.1) is 10.1 Å². The van der Waals surface area contributed by atoms with Crippen LogP contribution in [0.1, 0.15) is 23.2 Å². The average molecular weight is 307 g/mol. The van der Waals surface area contributed by atoms with Gasteiger partial charge in [-0.1, -0.05) is 0 Å². The van der Waals surface area contributed by atoms with Crippen LogP contribution in [0.3, 0.4) is 0 Å². The number of hydrogen-bond donors (Lipinski definition) is 1. The maximum Gasteiger partial charge on any atom is 0.323 e. The van der Waals surface area contributed by atoms with E-state index in [1.54, 1.807) is 11.9 Å². The van der Waals surface area contributed by atoms with Gasteiger partial charge in [0.05, 0.1) is 4.92 Å². The molecule has 1 aliphatic rings. The fourth-order valence-electron chi connectivity index (χ4n) is 2.48. The normalized spacial score (nSPS) is 14.0. The van der Waals surface area contributed by atoms with Gasteiger partial charge in [-0.15, -0.1) is 0 Å². The molecule has 0 radical (unpaired) electrons. The van der Waals surface area contributed by atoms with E-state index in [1.165, 1.54) is 23.1 Å². The van der Waals surface area contributed by atoms with Gasteiger partial charge in [0.25, 0.3) is 11.6 Å². The molecule has 1 N–H and O–H groups in total. The highest BCUT2D eigenvalue weighted by Gasteiger charge is 2.27. The summed E-state index contributed by atoms with van der Waals surface area (Å²) in [7, 11) is 1.55. The van der Waals surface area contributed by atoms with Crippen molar-refractivity contribution >= 4 is 23.3 Å². The van der Waals surface area contributed by atoms with Crippen LogP contribution in [0.5, 0.6) is 0 Å². The molecule has 1 heterocycles. The number of aliphatic carboxylic acids is 1. The third-order valence-corrected chi connectivity index (χ3v) is 3.61. The predicted molar refractivity (Wildman–Crippen MR) is 79.1 cm³/mol. The van der Waals surface area contributed by atoms with Gasteiger partial charge in [0.2, 0.25) is 0 Å². The summed E-state index contributed by atoms with van der Waals surface area (Å²) in [5.74, 6) is -1.40. The SMILES string of the molecule is CN(CC(=O)O)c1ccc([N+](=O)[O-])c(C(=O)N2CCCC2)c1. The number of hydrogen-bond acceptors (Lipinski definition) is 5. The summed E-state index contributed by atoms with van der Waals surface area (Å²) in [6, 6.07) is 4.08. The van der Waals surface area contributed by atoms with E-state index < -0.39 is 10.9 Å². The molecule has 0 aliphatic carbocycles. The number of benzene rings is 1. The average Bonchev–Trinajstić information content (AvgIpc) is 2.99. The molecule has 0 saturated carbocycles. The van der Waals surface area contributed by atoms with Crippen LogP contribution in [0.4, 0.5) is 11.4 Å². The summed E-state index contributed by atoms with van der Waals surface area (Å²) in [6.45, 7) is 0.922. The summed E-state index contributed by atoms with van der Waals surface area (Å²) in [4.78, 5) is 36.8. The van der Waals surface area contributed by atoms with Gasteiger partial charge in [-0.25, -0.2) is 0 Å².